The molecular formula is C38H29BrFN3O4S. The van der Waals surface area contributed by atoms with Crippen molar-refractivity contribution in [2.45, 2.75) is 17.1 Å². The molecule has 5 rings (SSSR count). The van der Waals surface area contributed by atoms with E-state index in [4.69, 9.17) is 0 Å². The molecule has 3 amide bonds. The second-order valence-corrected chi connectivity index (χ2v) is 12.6. The molecule has 0 fully saturated rings. The molecule has 10 heteroatoms. The topological polar surface area (TPSA) is 104 Å². The van der Waals surface area contributed by atoms with Crippen LogP contribution < -0.4 is 16.0 Å². The molecule has 7 nitrogen and oxygen atoms in total. The minimum Gasteiger partial charge on any atom is -0.325 e. The Balaban J connectivity index is 1.32. The lowest BCUT2D eigenvalue weighted by Crippen LogP contribution is -2.31. The highest BCUT2D eigenvalue weighted by Crippen LogP contribution is 2.37. The Kier molecular flexibility index (Phi) is 11.3. The van der Waals surface area contributed by atoms with E-state index in [0.717, 1.165) is 14.9 Å². The second-order valence-electron chi connectivity index (χ2n) is 10.6. The minimum absolute atomic E-state index is 0.0607. The normalized spacial score (nSPS) is 11.7. The first-order chi connectivity index (χ1) is 23.2. The number of Topliss-reactive ketones (excluding diaryl/α,β-unsaturated/α-hetero) is 1. The summed E-state index contributed by atoms with van der Waals surface area (Å²) in [6.07, 6.45) is 1.50. The van der Waals surface area contributed by atoms with Crippen molar-refractivity contribution in [2.24, 2.45) is 0 Å². The van der Waals surface area contributed by atoms with Gasteiger partial charge in [-0.3, -0.25) is 19.2 Å². The number of carbonyl (C=O) groups excluding carboxylic acids is 4. The van der Waals surface area contributed by atoms with Crippen LogP contribution in [-0.2, 0) is 9.59 Å². The zero-order valence-electron chi connectivity index (χ0n) is 25.6. The quantitative estimate of drug-likeness (QED) is 0.0720. The predicted octanol–water partition coefficient (Wildman–Crippen LogP) is 8.67. The van der Waals surface area contributed by atoms with Gasteiger partial charge in [0.25, 0.3) is 11.8 Å². The third-order valence-electron chi connectivity index (χ3n) is 7.06. The fraction of sp³-hybridized carbons (Fsp3) is 0.0526. The average Bonchev–Trinajstić information content (AvgIpc) is 3.09. The van der Waals surface area contributed by atoms with Crippen molar-refractivity contribution < 1.29 is 23.6 Å². The first kappa shape index (κ1) is 34.0. The maximum Gasteiger partial charge on any atom is 0.272 e. The highest BCUT2D eigenvalue weighted by Gasteiger charge is 2.23. The monoisotopic (exact) mass is 721 g/mol. The molecule has 1 unspecified atom stereocenters. The molecule has 0 radical (unpaired) electrons. The number of nitrogens with one attached hydrogen (secondary N) is 3. The first-order valence-corrected chi connectivity index (χ1v) is 16.4. The van der Waals surface area contributed by atoms with Crippen LogP contribution in [-0.4, -0.2) is 23.5 Å². The first-order valence-electron chi connectivity index (χ1n) is 14.7. The smallest absolute Gasteiger partial charge is 0.272 e. The largest absolute Gasteiger partial charge is 0.325 e. The Labute approximate surface area is 289 Å². The van der Waals surface area contributed by atoms with Gasteiger partial charge in [-0.25, -0.2) is 4.39 Å². The molecule has 240 valence electrons. The summed E-state index contributed by atoms with van der Waals surface area (Å²) < 4.78 is 15.2. The van der Waals surface area contributed by atoms with Crippen LogP contribution in [0.1, 0.15) is 44.0 Å². The van der Waals surface area contributed by atoms with Crippen LogP contribution in [0.5, 0.6) is 0 Å². The summed E-state index contributed by atoms with van der Waals surface area (Å²) in [6, 6.07) is 35.6. The van der Waals surface area contributed by atoms with Crippen molar-refractivity contribution >= 4 is 68.6 Å². The number of rotatable bonds is 11. The Hall–Kier alpha value is -5.32. The average molecular weight is 723 g/mol. The van der Waals surface area contributed by atoms with Crippen LogP contribution in [0.15, 0.2) is 142 Å². The number of anilines is 2. The second kappa shape index (κ2) is 16.0. The molecule has 5 aromatic rings. The minimum atomic E-state index is -0.765. The zero-order valence-corrected chi connectivity index (χ0v) is 28.0. The Morgan fingerprint density at radius 2 is 1.33 bits per heavy atom. The summed E-state index contributed by atoms with van der Waals surface area (Å²) in [4.78, 5) is 52.2. The lowest BCUT2D eigenvalue weighted by atomic mass is 10.1. The summed E-state index contributed by atoms with van der Waals surface area (Å²) >= 11 is 4.72. The molecule has 0 heterocycles. The van der Waals surface area contributed by atoms with Gasteiger partial charge >= 0.3 is 0 Å². The van der Waals surface area contributed by atoms with Crippen LogP contribution in [0.4, 0.5) is 15.8 Å². The van der Waals surface area contributed by atoms with Crippen molar-refractivity contribution in [3.05, 3.63) is 166 Å². The van der Waals surface area contributed by atoms with Crippen molar-refractivity contribution in [3.63, 3.8) is 0 Å². The lowest BCUT2D eigenvalue weighted by molar-refractivity contribution is -0.116. The fourth-order valence-electron chi connectivity index (χ4n) is 4.57. The molecule has 0 spiro atoms. The van der Waals surface area contributed by atoms with Gasteiger partial charge in [0.05, 0.1) is 5.56 Å². The van der Waals surface area contributed by atoms with Crippen LogP contribution in [0, 0.1) is 5.82 Å². The van der Waals surface area contributed by atoms with E-state index in [9.17, 15) is 23.6 Å². The van der Waals surface area contributed by atoms with Crippen LogP contribution in [0.2, 0.25) is 0 Å². The number of thioether (sulfide) groups is 1. The van der Waals surface area contributed by atoms with E-state index in [0.29, 0.717) is 22.5 Å². The van der Waals surface area contributed by atoms with E-state index < -0.39 is 22.9 Å². The summed E-state index contributed by atoms with van der Waals surface area (Å²) in [7, 11) is 0. The number of amides is 3. The highest BCUT2D eigenvalue weighted by atomic mass is 79.9. The summed E-state index contributed by atoms with van der Waals surface area (Å²) in [6.45, 7) is 1.48. The molecule has 3 N–H and O–H groups in total. The van der Waals surface area contributed by atoms with Crippen LogP contribution in [0.25, 0.3) is 6.08 Å². The molecule has 0 aliphatic carbocycles. The van der Waals surface area contributed by atoms with Gasteiger partial charge < -0.3 is 16.0 Å². The standard InChI is InChI=1S/C38H29BrFN3O4S/c1-24(44)26-13-17-29(18-14-26)42-38(47)35(27-7-3-2-4-8-27)48-31-21-19-30(20-22-31)41-37(46)34(23-25-11-15-28(39)16-12-25)43-36(45)32-9-5-6-10-33(32)40/h2-23,35H,1H3,(H,41,46)(H,42,47)(H,43,45). The SMILES string of the molecule is CC(=O)c1ccc(NC(=O)C(Sc2ccc(NC(=O)C(=Cc3ccc(Br)cc3)NC(=O)c3ccccc3F)cc2)c2ccccc2)cc1. The van der Waals surface area contributed by atoms with Crippen molar-refractivity contribution in [2.75, 3.05) is 10.6 Å². The van der Waals surface area contributed by atoms with Crippen LogP contribution in [0.3, 0.4) is 0 Å². The van der Waals surface area contributed by atoms with E-state index in [-0.39, 0.29) is 23.0 Å². The third-order valence-corrected chi connectivity index (χ3v) is 8.85. The molecule has 0 saturated heterocycles. The van der Waals surface area contributed by atoms with Crippen molar-refractivity contribution in [1.29, 1.82) is 0 Å². The van der Waals surface area contributed by atoms with E-state index in [1.807, 2.05) is 30.3 Å². The molecule has 0 aliphatic rings. The predicted molar refractivity (Wildman–Crippen MR) is 191 cm³/mol. The molecule has 0 aliphatic heterocycles. The summed E-state index contributed by atoms with van der Waals surface area (Å²) in [5.74, 6) is -2.39. The van der Waals surface area contributed by atoms with Crippen molar-refractivity contribution in [3.8, 4) is 0 Å². The Morgan fingerprint density at radius 1 is 0.729 bits per heavy atom. The number of ketones is 1. The van der Waals surface area contributed by atoms with Gasteiger partial charge in [-0.1, -0.05) is 70.5 Å². The molecule has 0 bridgehead atoms. The van der Waals surface area contributed by atoms with E-state index in [1.165, 1.54) is 49.0 Å². The molecule has 0 saturated carbocycles. The Morgan fingerprint density at radius 3 is 1.98 bits per heavy atom. The number of halogens is 2. The zero-order chi connectivity index (χ0) is 34.0. The lowest BCUT2D eigenvalue weighted by Gasteiger charge is -2.18. The number of carbonyl (C=O) groups is 4. The molecule has 1 atom stereocenters. The third kappa shape index (κ3) is 9.15. The van der Waals surface area contributed by atoms with Gasteiger partial charge in [0.15, 0.2) is 5.78 Å². The fourth-order valence-corrected chi connectivity index (χ4v) is 5.86. The maximum atomic E-state index is 14.3. The summed E-state index contributed by atoms with van der Waals surface area (Å²) in [5.41, 5.74) is 2.73. The molecule has 48 heavy (non-hydrogen) atoms. The number of hydrogen-bond donors (Lipinski definition) is 3. The Bertz CT molecular complexity index is 1970. The molecular weight excluding hydrogens is 693 g/mol. The van der Waals surface area contributed by atoms with Gasteiger partial charge in [-0.05, 0) is 96.9 Å². The maximum absolute atomic E-state index is 14.3. The molecule has 0 aromatic heterocycles. The molecule has 5 aromatic carbocycles. The number of hydrogen-bond acceptors (Lipinski definition) is 5. The van der Waals surface area contributed by atoms with Crippen molar-refractivity contribution in [1.82, 2.24) is 5.32 Å². The van der Waals surface area contributed by atoms with Gasteiger partial charge in [-0.15, -0.1) is 11.8 Å². The summed E-state index contributed by atoms with van der Waals surface area (Å²) in [5, 5.41) is 7.67. The van der Waals surface area contributed by atoms with E-state index in [1.54, 1.807) is 72.8 Å². The van der Waals surface area contributed by atoms with Gasteiger partial charge in [0, 0.05) is 26.3 Å². The van der Waals surface area contributed by atoms with Gasteiger partial charge in [-0.2, -0.15) is 0 Å². The van der Waals surface area contributed by atoms with Gasteiger partial charge in [0.1, 0.15) is 16.8 Å². The van der Waals surface area contributed by atoms with E-state index in [2.05, 4.69) is 31.9 Å². The van der Waals surface area contributed by atoms with Gasteiger partial charge in [0.2, 0.25) is 5.91 Å². The highest BCUT2D eigenvalue weighted by molar-refractivity contribution is 9.10. The van der Waals surface area contributed by atoms with E-state index >= 15 is 0 Å². The van der Waals surface area contributed by atoms with Crippen LogP contribution >= 0.6 is 27.7 Å². The number of benzene rings is 5.